The Morgan fingerprint density at radius 1 is 1.53 bits per heavy atom. The summed E-state index contributed by atoms with van der Waals surface area (Å²) in [6.07, 6.45) is 2.00. The van der Waals surface area contributed by atoms with Crippen LogP contribution in [0.15, 0.2) is 18.2 Å². The Morgan fingerprint density at radius 3 is 2.82 bits per heavy atom. The maximum atomic E-state index is 13.9. The Bertz CT molecular complexity index is 429. The third-order valence-electron chi connectivity index (χ3n) is 3.04. The SMILES string of the molecule is Cc1cccc(C(=O)N(CCN)C2CC2)c1F. The lowest BCUT2D eigenvalue weighted by Gasteiger charge is -2.22. The van der Waals surface area contributed by atoms with Crippen molar-refractivity contribution < 1.29 is 9.18 Å². The molecule has 0 radical (unpaired) electrons. The molecular weight excluding hydrogens is 219 g/mol. The normalized spacial score (nSPS) is 14.8. The van der Waals surface area contributed by atoms with E-state index in [1.165, 1.54) is 6.07 Å². The van der Waals surface area contributed by atoms with Crippen LogP contribution in [0.2, 0.25) is 0 Å². The monoisotopic (exact) mass is 236 g/mol. The fraction of sp³-hybridized carbons (Fsp3) is 0.462. The summed E-state index contributed by atoms with van der Waals surface area (Å²) in [4.78, 5) is 13.9. The van der Waals surface area contributed by atoms with E-state index >= 15 is 0 Å². The summed E-state index contributed by atoms with van der Waals surface area (Å²) in [5, 5.41) is 0. The molecule has 1 amide bonds. The van der Waals surface area contributed by atoms with Crippen LogP contribution in [0.4, 0.5) is 4.39 Å². The van der Waals surface area contributed by atoms with Crippen LogP contribution in [0.5, 0.6) is 0 Å². The summed E-state index contributed by atoms with van der Waals surface area (Å²) in [5.74, 6) is -0.653. The zero-order valence-corrected chi connectivity index (χ0v) is 9.95. The molecule has 1 fully saturated rings. The van der Waals surface area contributed by atoms with Crippen molar-refractivity contribution >= 4 is 5.91 Å². The second-order valence-corrected chi connectivity index (χ2v) is 4.45. The number of hydrogen-bond donors (Lipinski definition) is 1. The molecule has 92 valence electrons. The first-order valence-electron chi connectivity index (χ1n) is 5.91. The van der Waals surface area contributed by atoms with Crippen molar-refractivity contribution in [2.45, 2.75) is 25.8 Å². The van der Waals surface area contributed by atoms with Gasteiger partial charge in [-0.05, 0) is 31.4 Å². The highest BCUT2D eigenvalue weighted by Crippen LogP contribution is 2.28. The van der Waals surface area contributed by atoms with Gasteiger partial charge in [0.2, 0.25) is 0 Å². The van der Waals surface area contributed by atoms with Crippen molar-refractivity contribution in [2.24, 2.45) is 5.73 Å². The average Bonchev–Trinajstić information content (AvgIpc) is 3.13. The van der Waals surface area contributed by atoms with Crippen molar-refractivity contribution in [3.8, 4) is 0 Å². The van der Waals surface area contributed by atoms with Crippen LogP contribution >= 0.6 is 0 Å². The van der Waals surface area contributed by atoms with E-state index in [0.717, 1.165) is 12.8 Å². The predicted molar refractivity (Wildman–Crippen MR) is 64.2 cm³/mol. The summed E-state index contributed by atoms with van der Waals surface area (Å²) in [7, 11) is 0. The lowest BCUT2D eigenvalue weighted by Crippen LogP contribution is -2.37. The van der Waals surface area contributed by atoms with Gasteiger partial charge in [-0.2, -0.15) is 0 Å². The number of rotatable bonds is 4. The number of carbonyl (C=O) groups excluding carboxylic acids is 1. The fourth-order valence-corrected chi connectivity index (χ4v) is 1.94. The van der Waals surface area contributed by atoms with Crippen molar-refractivity contribution in [2.75, 3.05) is 13.1 Å². The van der Waals surface area contributed by atoms with E-state index in [4.69, 9.17) is 5.73 Å². The first kappa shape index (κ1) is 12.0. The first-order chi connectivity index (χ1) is 8.15. The molecule has 1 aliphatic carbocycles. The maximum Gasteiger partial charge on any atom is 0.257 e. The van der Waals surface area contributed by atoms with E-state index < -0.39 is 5.82 Å². The highest BCUT2D eigenvalue weighted by molar-refractivity contribution is 5.95. The number of benzene rings is 1. The number of nitrogens with two attached hydrogens (primary N) is 1. The number of aryl methyl sites for hydroxylation is 1. The van der Waals surface area contributed by atoms with Gasteiger partial charge in [-0.3, -0.25) is 4.79 Å². The van der Waals surface area contributed by atoms with Crippen molar-refractivity contribution in [1.29, 1.82) is 0 Å². The molecule has 4 heteroatoms. The molecule has 0 spiro atoms. The third kappa shape index (κ3) is 2.47. The highest BCUT2D eigenvalue weighted by atomic mass is 19.1. The molecule has 0 aromatic heterocycles. The Labute approximate surface area is 100 Å². The summed E-state index contributed by atoms with van der Waals surface area (Å²) >= 11 is 0. The van der Waals surface area contributed by atoms with Crippen LogP contribution in [0.3, 0.4) is 0 Å². The van der Waals surface area contributed by atoms with Crippen molar-refractivity contribution in [3.63, 3.8) is 0 Å². The predicted octanol–water partition coefficient (Wildman–Crippen LogP) is 1.70. The Morgan fingerprint density at radius 2 is 2.24 bits per heavy atom. The van der Waals surface area contributed by atoms with Gasteiger partial charge in [0.25, 0.3) is 5.91 Å². The second kappa shape index (κ2) is 4.84. The largest absolute Gasteiger partial charge is 0.334 e. The van der Waals surface area contributed by atoms with E-state index in [-0.39, 0.29) is 17.5 Å². The van der Waals surface area contributed by atoms with E-state index in [2.05, 4.69) is 0 Å². The lowest BCUT2D eigenvalue weighted by molar-refractivity contribution is 0.0743. The molecule has 0 bridgehead atoms. The van der Waals surface area contributed by atoms with Gasteiger partial charge in [-0.25, -0.2) is 4.39 Å². The fourth-order valence-electron chi connectivity index (χ4n) is 1.94. The molecule has 1 aliphatic rings. The summed E-state index contributed by atoms with van der Waals surface area (Å²) < 4.78 is 13.9. The number of halogens is 1. The lowest BCUT2D eigenvalue weighted by atomic mass is 10.1. The zero-order valence-electron chi connectivity index (χ0n) is 9.95. The molecule has 0 saturated heterocycles. The smallest absolute Gasteiger partial charge is 0.257 e. The average molecular weight is 236 g/mol. The van der Waals surface area contributed by atoms with Crippen LogP contribution in [0.1, 0.15) is 28.8 Å². The van der Waals surface area contributed by atoms with Gasteiger partial charge >= 0.3 is 0 Å². The van der Waals surface area contributed by atoms with Crippen molar-refractivity contribution in [1.82, 2.24) is 4.90 Å². The van der Waals surface area contributed by atoms with Crippen LogP contribution in [-0.2, 0) is 0 Å². The van der Waals surface area contributed by atoms with Gasteiger partial charge in [-0.1, -0.05) is 12.1 Å². The van der Waals surface area contributed by atoms with Crippen LogP contribution in [0, 0.1) is 12.7 Å². The topological polar surface area (TPSA) is 46.3 Å². The Kier molecular flexibility index (Phi) is 3.43. The minimum atomic E-state index is -0.417. The maximum absolute atomic E-state index is 13.9. The molecule has 0 unspecified atom stereocenters. The Hall–Kier alpha value is -1.42. The zero-order chi connectivity index (χ0) is 12.4. The van der Waals surface area contributed by atoms with Crippen LogP contribution < -0.4 is 5.73 Å². The molecule has 3 nitrogen and oxygen atoms in total. The van der Waals surface area contributed by atoms with Gasteiger partial charge in [-0.15, -0.1) is 0 Å². The number of hydrogen-bond acceptors (Lipinski definition) is 2. The molecule has 2 N–H and O–H groups in total. The van der Waals surface area contributed by atoms with Gasteiger partial charge in [0, 0.05) is 19.1 Å². The van der Waals surface area contributed by atoms with Gasteiger partial charge < -0.3 is 10.6 Å². The van der Waals surface area contributed by atoms with E-state index in [1.54, 1.807) is 24.0 Å². The molecule has 0 atom stereocenters. The molecule has 1 aromatic carbocycles. The standard InChI is InChI=1S/C13H17FN2O/c1-9-3-2-4-11(12(9)14)13(17)16(8-7-15)10-5-6-10/h2-4,10H,5-8,15H2,1H3. The summed E-state index contributed by atoms with van der Waals surface area (Å²) in [6.45, 7) is 2.57. The van der Waals surface area contributed by atoms with Gasteiger partial charge in [0.05, 0.1) is 5.56 Å². The second-order valence-electron chi connectivity index (χ2n) is 4.45. The van der Waals surface area contributed by atoms with Gasteiger partial charge in [0.15, 0.2) is 0 Å². The van der Waals surface area contributed by atoms with Crippen LogP contribution in [0.25, 0.3) is 0 Å². The van der Waals surface area contributed by atoms with Crippen molar-refractivity contribution in [3.05, 3.63) is 35.1 Å². The quantitative estimate of drug-likeness (QED) is 0.864. The number of carbonyl (C=O) groups is 1. The molecule has 1 saturated carbocycles. The van der Waals surface area contributed by atoms with Crippen LogP contribution in [-0.4, -0.2) is 29.9 Å². The molecule has 0 aliphatic heterocycles. The van der Waals surface area contributed by atoms with E-state index in [0.29, 0.717) is 18.7 Å². The van der Waals surface area contributed by atoms with E-state index in [9.17, 15) is 9.18 Å². The minimum Gasteiger partial charge on any atom is -0.334 e. The highest BCUT2D eigenvalue weighted by Gasteiger charge is 2.33. The summed E-state index contributed by atoms with van der Waals surface area (Å²) in [6, 6.07) is 5.16. The molecule has 2 rings (SSSR count). The van der Waals surface area contributed by atoms with Gasteiger partial charge in [0.1, 0.15) is 5.82 Å². The number of amides is 1. The third-order valence-corrected chi connectivity index (χ3v) is 3.04. The Balaban J connectivity index is 2.25. The number of nitrogens with zero attached hydrogens (tertiary/aromatic N) is 1. The minimum absolute atomic E-state index is 0.158. The van der Waals surface area contributed by atoms with E-state index in [1.807, 2.05) is 0 Å². The summed E-state index contributed by atoms with van der Waals surface area (Å²) in [5.41, 5.74) is 6.15. The molecule has 17 heavy (non-hydrogen) atoms. The molecule has 0 heterocycles. The molecule has 1 aromatic rings. The first-order valence-corrected chi connectivity index (χ1v) is 5.91. The molecular formula is C13H17FN2O.